The number of likely N-dealkylation sites (N-methyl/N-ethyl adjacent to an activating group) is 1. The van der Waals surface area contributed by atoms with Gasteiger partial charge in [-0.2, -0.15) is 0 Å². The predicted molar refractivity (Wildman–Crippen MR) is 89.3 cm³/mol. The molecule has 3 heteroatoms. The van der Waals surface area contributed by atoms with Crippen molar-refractivity contribution in [1.29, 1.82) is 0 Å². The van der Waals surface area contributed by atoms with Crippen LogP contribution in [0, 0.1) is 5.92 Å². The lowest BCUT2D eigenvalue weighted by Gasteiger charge is -2.38. The molecule has 20 heavy (non-hydrogen) atoms. The van der Waals surface area contributed by atoms with E-state index in [2.05, 4.69) is 55.8 Å². The number of nitrogens with zero attached hydrogens (tertiary/aromatic N) is 1. The standard InChI is InChI=1S/C17H26BrNO/c1-6-13(2)15(14-10-8-7-9-11-14)16(20)19(5)17(3,4)12-18/h7-11,13,15H,6,12H2,1-5H3. The second-order valence-electron chi connectivity index (χ2n) is 6.12. The topological polar surface area (TPSA) is 20.3 Å². The van der Waals surface area contributed by atoms with Crippen LogP contribution in [0.15, 0.2) is 30.3 Å². The summed E-state index contributed by atoms with van der Waals surface area (Å²) in [5, 5.41) is 0.768. The first-order valence-electron chi connectivity index (χ1n) is 7.23. The number of hydrogen-bond acceptors (Lipinski definition) is 1. The number of carbonyl (C=O) groups excluding carboxylic acids is 1. The molecule has 0 aliphatic carbocycles. The highest BCUT2D eigenvalue weighted by atomic mass is 79.9. The molecule has 112 valence electrons. The van der Waals surface area contributed by atoms with Crippen LogP contribution in [-0.2, 0) is 4.79 Å². The summed E-state index contributed by atoms with van der Waals surface area (Å²) in [6, 6.07) is 10.1. The molecule has 0 heterocycles. The average Bonchev–Trinajstić information content (AvgIpc) is 2.47. The summed E-state index contributed by atoms with van der Waals surface area (Å²) in [4.78, 5) is 14.8. The summed E-state index contributed by atoms with van der Waals surface area (Å²) in [7, 11) is 1.90. The van der Waals surface area contributed by atoms with E-state index in [1.54, 1.807) is 0 Å². The third kappa shape index (κ3) is 3.85. The quantitative estimate of drug-likeness (QED) is 0.701. The highest BCUT2D eigenvalue weighted by molar-refractivity contribution is 9.09. The van der Waals surface area contributed by atoms with Crippen LogP contribution in [0.5, 0.6) is 0 Å². The first kappa shape index (κ1) is 17.2. The molecule has 1 aromatic rings. The van der Waals surface area contributed by atoms with Gasteiger partial charge in [0.2, 0.25) is 5.91 Å². The molecule has 2 nitrogen and oxygen atoms in total. The largest absolute Gasteiger partial charge is 0.339 e. The van der Waals surface area contributed by atoms with Crippen LogP contribution < -0.4 is 0 Å². The SMILES string of the molecule is CCC(C)C(C(=O)N(C)C(C)(C)CBr)c1ccccc1. The van der Waals surface area contributed by atoms with Gasteiger partial charge in [0, 0.05) is 17.9 Å². The van der Waals surface area contributed by atoms with Crippen LogP contribution in [0.2, 0.25) is 0 Å². The van der Waals surface area contributed by atoms with Crippen molar-refractivity contribution in [3.8, 4) is 0 Å². The number of alkyl halides is 1. The Labute approximate surface area is 131 Å². The molecule has 0 N–H and O–H groups in total. The van der Waals surface area contributed by atoms with E-state index in [-0.39, 0.29) is 17.4 Å². The molecule has 0 bridgehead atoms. The maximum atomic E-state index is 13.0. The van der Waals surface area contributed by atoms with Gasteiger partial charge in [0.25, 0.3) is 0 Å². The van der Waals surface area contributed by atoms with E-state index in [4.69, 9.17) is 0 Å². The first-order chi connectivity index (χ1) is 9.35. The van der Waals surface area contributed by atoms with E-state index in [9.17, 15) is 4.79 Å². The van der Waals surface area contributed by atoms with Crippen molar-refractivity contribution >= 4 is 21.8 Å². The molecule has 0 spiro atoms. The van der Waals surface area contributed by atoms with Gasteiger partial charge in [0.05, 0.1) is 5.92 Å². The summed E-state index contributed by atoms with van der Waals surface area (Å²) in [6.07, 6.45) is 0.994. The molecule has 2 atom stereocenters. The van der Waals surface area contributed by atoms with Crippen molar-refractivity contribution in [2.75, 3.05) is 12.4 Å². The molecule has 1 rings (SSSR count). The van der Waals surface area contributed by atoms with E-state index in [1.807, 2.05) is 30.1 Å². The van der Waals surface area contributed by atoms with E-state index >= 15 is 0 Å². The van der Waals surface area contributed by atoms with Gasteiger partial charge in [0.1, 0.15) is 0 Å². The fraction of sp³-hybridized carbons (Fsp3) is 0.588. The van der Waals surface area contributed by atoms with E-state index < -0.39 is 0 Å². The molecule has 1 aromatic carbocycles. The number of amides is 1. The Kier molecular flexibility index (Phi) is 6.25. The normalized spacial score (nSPS) is 14.7. The van der Waals surface area contributed by atoms with Gasteiger partial charge < -0.3 is 4.90 Å². The first-order valence-corrected chi connectivity index (χ1v) is 8.35. The van der Waals surface area contributed by atoms with Gasteiger partial charge in [-0.15, -0.1) is 0 Å². The molecule has 0 saturated carbocycles. The van der Waals surface area contributed by atoms with Crippen molar-refractivity contribution in [1.82, 2.24) is 4.90 Å². The summed E-state index contributed by atoms with van der Waals surface area (Å²) in [6.45, 7) is 8.46. The smallest absolute Gasteiger partial charge is 0.230 e. The Balaban J connectivity index is 3.10. The molecular weight excluding hydrogens is 314 g/mol. The van der Waals surface area contributed by atoms with Crippen molar-refractivity contribution in [3.63, 3.8) is 0 Å². The van der Waals surface area contributed by atoms with Gasteiger partial charge in [-0.25, -0.2) is 0 Å². The minimum atomic E-state index is -0.183. The Morgan fingerprint density at radius 3 is 2.30 bits per heavy atom. The van der Waals surface area contributed by atoms with Crippen LogP contribution in [0.3, 0.4) is 0 Å². The third-order valence-electron chi connectivity index (χ3n) is 4.20. The zero-order chi connectivity index (χ0) is 15.3. The second-order valence-corrected chi connectivity index (χ2v) is 6.68. The number of hydrogen-bond donors (Lipinski definition) is 0. The van der Waals surface area contributed by atoms with E-state index in [0.717, 1.165) is 17.3 Å². The highest BCUT2D eigenvalue weighted by Gasteiger charge is 2.34. The predicted octanol–water partition coefficient (Wildman–Crippen LogP) is 4.45. The van der Waals surface area contributed by atoms with Gasteiger partial charge >= 0.3 is 0 Å². The fourth-order valence-electron chi connectivity index (χ4n) is 2.21. The Hall–Kier alpha value is -0.830. The molecule has 2 unspecified atom stereocenters. The highest BCUT2D eigenvalue weighted by Crippen LogP contribution is 2.31. The minimum Gasteiger partial charge on any atom is -0.339 e. The number of benzene rings is 1. The van der Waals surface area contributed by atoms with Crippen LogP contribution >= 0.6 is 15.9 Å². The van der Waals surface area contributed by atoms with Crippen LogP contribution in [0.1, 0.15) is 45.6 Å². The molecule has 0 aliphatic rings. The molecule has 0 aromatic heterocycles. The van der Waals surface area contributed by atoms with Crippen LogP contribution in [0.4, 0.5) is 0 Å². The fourth-order valence-corrected chi connectivity index (χ4v) is 2.58. The second kappa shape index (κ2) is 7.26. The summed E-state index contributed by atoms with van der Waals surface area (Å²) < 4.78 is 0. The monoisotopic (exact) mass is 339 g/mol. The van der Waals surface area contributed by atoms with Gasteiger partial charge in [0.15, 0.2) is 0 Å². The molecule has 0 fully saturated rings. The van der Waals surface area contributed by atoms with Crippen molar-refractivity contribution in [3.05, 3.63) is 35.9 Å². The zero-order valence-electron chi connectivity index (χ0n) is 13.2. The van der Waals surface area contributed by atoms with Gasteiger partial charge in [-0.1, -0.05) is 66.5 Å². The summed E-state index contributed by atoms with van der Waals surface area (Å²) in [5.41, 5.74) is 0.932. The van der Waals surface area contributed by atoms with Crippen molar-refractivity contribution < 1.29 is 4.79 Å². The number of halogens is 1. The molecule has 0 radical (unpaired) electrons. The Bertz CT molecular complexity index is 430. The third-order valence-corrected chi connectivity index (χ3v) is 5.58. The molecule has 0 aliphatic heterocycles. The van der Waals surface area contributed by atoms with Crippen molar-refractivity contribution in [2.24, 2.45) is 5.92 Å². The van der Waals surface area contributed by atoms with Crippen LogP contribution in [-0.4, -0.2) is 28.7 Å². The lowest BCUT2D eigenvalue weighted by molar-refractivity contribution is -0.136. The van der Waals surface area contributed by atoms with E-state index in [0.29, 0.717) is 5.92 Å². The van der Waals surface area contributed by atoms with Crippen molar-refractivity contribution in [2.45, 2.75) is 45.6 Å². The molecular formula is C17H26BrNO. The Morgan fingerprint density at radius 1 is 1.30 bits per heavy atom. The summed E-state index contributed by atoms with van der Waals surface area (Å²) in [5.74, 6) is 0.470. The maximum Gasteiger partial charge on any atom is 0.230 e. The Morgan fingerprint density at radius 2 is 1.85 bits per heavy atom. The van der Waals surface area contributed by atoms with Gasteiger partial charge in [-0.05, 0) is 25.3 Å². The van der Waals surface area contributed by atoms with Crippen LogP contribution in [0.25, 0.3) is 0 Å². The minimum absolute atomic E-state index is 0.0653. The lowest BCUT2D eigenvalue weighted by atomic mass is 9.83. The number of rotatable bonds is 6. The molecule has 0 saturated heterocycles. The maximum absolute atomic E-state index is 13.0. The van der Waals surface area contributed by atoms with E-state index in [1.165, 1.54) is 0 Å². The molecule has 1 amide bonds. The number of carbonyl (C=O) groups is 1. The average molecular weight is 340 g/mol. The summed E-state index contributed by atoms with van der Waals surface area (Å²) >= 11 is 3.51. The zero-order valence-corrected chi connectivity index (χ0v) is 14.8. The van der Waals surface area contributed by atoms with Gasteiger partial charge in [-0.3, -0.25) is 4.79 Å². The lowest BCUT2D eigenvalue weighted by Crippen LogP contribution is -2.49.